The molecular formula is C26H33Cl2FN6O. The van der Waals surface area contributed by atoms with Gasteiger partial charge in [0.25, 0.3) is 0 Å². The van der Waals surface area contributed by atoms with Crippen LogP contribution in [0.25, 0.3) is 0 Å². The SMILES string of the molecule is Cc1ncc(Cl)c([C@@H](C)OC2CCC3NNC(c4cnc(N5CC6(CN(C)C6)C5)c(F)c4)C3C2)c1Cl. The minimum absolute atomic E-state index is 0.0221. The highest BCUT2D eigenvalue weighted by molar-refractivity contribution is 6.36. The van der Waals surface area contributed by atoms with E-state index in [1.54, 1.807) is 12.3 Å². The lowest BCUT2D eigenvalue weighted by Crippen LogP contribution is -2.71. The molecule has 5 atom stereocenters. The Morgan fingerprint density at radius 3 is 2.64 bits per heavy atom. The molecule has 2 aromatic heterocycles. The Morgan fingerprint density at radius 1 is 1.14 bits per heavy atom. The van der Waals surface area contributed by atoms with Crippen molar-refractivity contribution in [3.63, 3.8) is 0 Å². The Bertz CT molecular complexity index is 1150. The molecule has 0 aromatic carbocycles. The van der Waals surface area contributed by atoms with Gasteiger partial charge in [-0.25, -0.2) is 14.8 Å². The molecule has 36 heavy (non-hydrogen) atoms. The molecule has 0 bridgehead atoms. The summed E-state index contributed by atoms with van der Waals surface area (Å²) < 4.78 is 21.7. The molecule has 2 N–H and O–H groups in total. The van der Waals surface area contributed by atoms with Crippen LogP contribution in [0, 0.1) is 24.1 Å². The monoisotopic (exact) mass is 534 g/mol. The van der Waals surface area contributed by atoms with Crippen LogP contribution in [0.1, 0.15) is 55.2 Å². The van der Waals surface area contributed by atoms with E-state index < -0.39 is 0 Å². The Hall–Kier alpha value is -1.55. The topological polar surface area (TPSA) is 65.5 Å². The summed E-state index contributed by atoms with van der Waals surface area (Å²) in [7, 11) is 2.13. The maximum Gasteiger partial charge on any atom is 0.165 e. The van der Waals surface area contributed by atoms with E-state index in [9.17, 15) is 0 Å². The number of pyridine rings is 2. The number of rotatable bonds is 5. The molecule has 6 rings (SSSR count). The number of hydrogen-bond acceptors (Lipinski definition) is 7. The van der Waals surface area contributed by atoms with E-state index in [0.29, 0.717) is 27.3 Å². The number of nitrogens with one attached hydrogen (secondary N) is 2. The second kappa shape index (κ2) is 9.33. The van der Waals surface area contributed by atoms with Gasteiger partial charge >= 0.3 is 0 Å². The van der Waals surface area contributed by atoms with Gasteiger partial charge in [-0.2, -0.15) is 0 Å². The second-order valence-corrected chi connectivity index (χ2v) is 12.1. The first-order chi connectivity index (χ1) is 17.2. The normalized spacial score (nSPS) is 30.1. The van der Waals surface area contributed by atoms with Gasteiger partial charge in [0.05, 0.1) is 34.0 Å². The standard InChI is InChI=1S/C26H33Cl2FN6O/c1-14-23(28)22(19(27)9-30-14)15(2)36-17-4-5-21-18(7-17)24(33-32-21)16-6-20(29)25(31-8-16)35-12-26(13-35)10-34(3)11-26/h6,8-9,15,17-18,21,24,32-33H,4-5,7,10-13H2,1-3H3/t15-,17?,18?,21?,24?/m1/s1. The van der Waals surface area contributed by atoms with Crippen LogP contribution in [0.5, 0.6) is 0 Å². The zero-order chi connectivity index (χ0) is 25.2. The van der Waals surface area contributed by atoms with Crippen LogP contribution in [0.2, 0.25) is 10.0 Å². The van der Waals surface area contributed by atoms with Gasteiger partial charge in [0.1, 0.15) is 0 Å². The number of anilines is 1. The summed E-state index contributed by atoms with van der Waals surface area (Å²) in [6.45, 7) is 7.80. The third kappa shape index (κ3) is 4.29. The number of hydrazine groups is 1. The zero-order valence-electron chi connectivity index (χ0n) is 20.9. The van der Waals surface area contributed by atoms with Crippen molar-refractivity contribution in [2.75, 3.05) is 38.1 Å². The summed E-state index contributed by atoms with van der Waals surface area (Å²) in [5.41, 5.74) is 9.57. The van der Waals surface area contributed by atoms with E-state index in [1.807, 2.05) is 20.0 Å². The van der Waals surface area contributed by atoms with Gasteiger partial charge in [0.15, 0.2) is 11.6 Å². The Labute approximate surface area is 221 Å². The van der Waals surface area contributed by atoms with Crippen LogP contribution in [0.3, 0.4) is 0 Å². The van der Waals surface area contributed by atoms with Crippen LogP contribution in [0.4, 0.5) is 10.2 Å². The van der Waals surface area contributed by atoms with Crippen molar-refractivity contribution < 1.29 is 9.13 Å². The molecular weight excluding hydrogens is 502 g/mol. The quantitative estimate of drug-likeness (QED) is 0.587. The molecule has 1 aliphatic carbocycles. The number of hydrogen-bond donors (Lipinski definition) is 2. The Kier molecular flexibility index (Phi) is 6.42. The van der Waals surface area contributed by atoms with Crippen molar-refractivity contribution in [2.24, 2.45) is 11.3 Å². The minimum Gasteiger partial charge on any atom is -0.370 e. The average molecular weight is 535 g/mol. The zero-order valence-corrected chi connectivity index (χ0v) is 22.4. The lowest BCUT2D eigenvalue weighted by molar-refractivity contribution is -0.0370. The van der Waals surface area contributed by atoms with E-state index >= 15 is 4.39 Å². The van der Waals surface area contributed by atoms with Gasteiger partial charge in [-0.05, 0) is 57.7 Å². The highest BCUT2D eigenvalue weighted by atomic mass is 35.5. The third-order valence-electron chi connectivity index (χ3n) is 8.45. The number of aryl methyl sites for hydroxylation is 1. The second-order valence-electron chi connectivity index (χ2n) is 11.3. The van der Waals surface area contributed by atoms with Crippen molar-refractivity contribution in [1.29, 1.82) is 0 Å². The van der Waals surface area contributed by atoms with Crippen molar-refractivity contribution in [3.05, 3.63) is 51.1 Å². The fourth-order valence-corrected chi connectivity index (χ4v) is 7.49. The van der Waals surface area contributed by atoms with Crippen LogP contribution >= 0.6 is 23.2 Å². The molecule has 7 nitrogen and oxygen atoms in total. The molecule has 4 aliphatic rings. The summed E-state index contributed by atoms with van der Waals surface area (Å²) >= 11 is 12.9. The first kappa shape index (κ1) is 24.8. The molecule has 2 aromatic rings. The maximum absolute atomic E-state index is 15.2. The highest BCUT2D eigenvalue weighted by Gasteiger charge is 2.51. The summed E-state index contributed by atoms with van der Waals surface area (Å²) in [6.07, 6.45) is 6.04. The maximum atomic E-state index is 15.2. The minimum atomic E-state index is -0.248. The number of likely N-dealkylation sites (tertiary alicyclic amines) is 1. The Morgan fingerprint density at radius 2 is 1.92 bits per heavy atom. The lowest BCUT2D eigenvalue weighted by Gasteiger charge is -2.59. The van der Waals surface area contributed by atoms with Gasteiger partial charge in [-0.3, -0.25) is 10.4 Å². The van der Waals surface area contributed by atoms with Gasteiger partial charge in [-0.1, -0.05) is 23.2 Å². The first-order valence-electron chi connectivity index (χ1n) is 12.8. The average Bonchev–Trinajstić information content (AvgIpc) is 3.21. The van der Waals surface area contributed by atoms with Crippen LogP contribution in [0.15, 0.2) is 18.5 Å². The van der Waals surface area contributed by atoms with E-state index in [0.717, 1.165) is 62.3 Å². The largest absolute Gasteiger partial charge is 0.370 e. The molecule has 1 spiro atoms. The van der Waals surface area contributed by atoms with Crippen molar-refractivity contribution >= 4 is 29.0 Å². The number of halogens is 3. The summed E-state index contributed by atoms with van der Waals surface area (Å²) in [4.78, 5) is 13.2. The highest BCUT2D eigenvalue weighted by Crippen LogP contribution is 2.44. The number of fused-ring (bicyclic) bond motifs is 1. The molecule has 3 saturated heterocycles. The summed E-state index contributed by atoms with van der Waals surface area (Å²) in [5, 5.41) is 1.08. The summed E-state index contributed by atoms with van der Waals surface area (Å²) in [5.74, 6) is 0.502. The smallest absolute Gasteiger partial charge is 0.165 e. The molecule has 0 radical (unpaired) electrons. The molecule has 194 valence electrons. The molecule has 3 aliphatic heterocycles. The van der Waals surface area contributed by atoms with E-state index in [4.69, 9.17) is 27.9 Å². The lowest BCUT2D eigenvalue weighted by atomic mass is 9.73. The predicted octanol–water partition coefficient (Wildman–Crippen LogP) is 4.45. The van der Waals surface area contributed by atoms with Crippen molar-refractivity contribution in [1.82, 2.24) is 25.7 Å². The number of nitrogens with zero attached hydrogens (tertiary/aromatic N) is 4. The summed E-state index contributed by atoms with van der Waals surface area (Å²) in [6, 6.07) is 1.95. The molecule has 0 amide bonds. The molecule has 10 heteroatoms. The van der Waals surface area contributed by atoms with Crippen molar-refractivity contribution in [3.8, 4) is 0 Å². The van der Waals surface area contributed by atoms with Crippen molar-refractivity contribution in [2.45, 2.75) is 57.4 Å². The molecule has 5 heterocycles. The first-order valence-corrected chi connectivity index (χ1v) is 13.5. The van der Waals surface area contributed by atoms with E-state index in [-0.39, 0.29) is 30.0 Å². The van der Waals surface area contributed by atoms with Crippen LogP contribution in [-0.2, 0) is 4.74 Å². The van der Waals surface area contributed by atoms with E-state index in [1.165, 1.54) is 0 Å². The third-order valence-corrected chi connectivity index (χ3v) is 9.23. The number of ether oxygens (including phenoxy) is 1. The molecule has 4 unspecified atom stereocenters. The number of aromatic nitrogens is 2. The Balaban J connectivity index is 1.13. The van der Waals surface area contributed by atoms with Crippen LogP contribution in [-0.4, -0.2) is 60.2 Å². The van der Waals surface area contributed by atoms with Gasteiger partial charge in [-0.15, -0.1) is 0 Å². The predicted molar refractivity (Wildman–Crippen MR) is 139 cm³/mol. The fraction of sp³-hybridized carbons (Fsp3) is 0.615. The van der Waals surface area contributed by atoms with Gasteiger partial charge < -0.3 is 14.5 Å². The van der Waals surface area contributed by atoms with Crippen LogP contribution < -0.4 is 15.8 Å². The van der Waals surface area contributed by atoms with Gasteiger partial charge in [0, 0.05) is 55.6 Å². The van der Waals surface area contributed by atoms with Gasteiger partial charge in [0.2, 0.25) is 0 Å². The van der Waals surface area contributed by atoms with E-state index in [2.05, 4.69) is 37.7 Å². The fourth-order valence-electron chi connectivity index (χ4n) is 6.84. The molecule has 4 fully saturated rings. The molecule has 1 saturated carbocycles.